The highest BCUT2D eigenvalue weighted by Crippen LogP contribution is 2.49. The summed E-state index contributed by atoms with van der Waals surface area (Å²) in [6.45, 7) is 6.63. The maximum Gasteiger partial charge on any atom is 0.351 e. The Balaban J connectivity index is 2.16. The molecule has 4 N–H and O–H groups in total. The second-order valence-corrected chi connectivity index (χ2v) is 15.8. The minimum absolute atomic E-state index is 0.0131. The molecule has 1 aliphatic rings. The number of halogens is 2. The van der Waals surface area contributed by atoms with Crippen LogP contribution in [0.3, 0.4) is 0 Å². The predicted octanol–water partition coefficient (Wildman–Crippen LogP) is 2.75. The number of rotatable bonds is 12. The first kappa shape index (κ1) is 34.4. The highest BCUT2D eigenvalue weighted by Gasteiger charge is 2.56. The van der Waals surface area contributed by atoms with Crippen LogP contribution in [0.25, 0.3) is 0 Å². The first-order valence-electron chi connectivity index (χ1n) is 12.0. The lowest BCUT2D eigenvalue weighted by Gasteiger charge is -2.28. The molecule has 12 nitrogen and oxygen atoms in total. The van der Waals surface area contributed by atoms with Gasteiger partial charge >= 0.3 is 11.7 Å². The zero-order chi connectivity index (χ0) is 29.8. The fourth-order valence-electron chi connectivity index (χ4n) is 3.13. The van der Waals surface area contributed by atoms with E-state index >= 15 is 0 Å². The van der Waals surface area contributed by atoms with Crippen LogP contribution in [-0.2, 0) is 39.9 Å². The van der Waals surface area contributed by atoms with Crippen molar-refractivity contribution in [1.29, 1.82) is 0 Å². The number of carbonyl (C=O) groups is 2. The molecule has 2 rings (SSSR count). The Kier molecular flexibility index (Phi) is 12.3. The minimum Gasteiger partial charge on any atom is -0.462 e. The molecule has 5 atom stereocenters. The molecule has 222 valence electrons. The zero-order valence-electron chi connectivity index (χ0n) is 22.5. The number of hydrogen-bond donors (Lipinski definition) is 3. The van der Waals surface area contributed by atoms with Crippen molar-refractivity contribution in [2.45, 2.75) is 76.5 Å². The van der Waals surface area contributed by atoms with Crippen LogP contribution in [0.5, 0.6) is 0 Å². The van der Waals surface area contributed by atoms with Gasteiger partial charge in [0.15, 0.2) is 15.7 Å². The molecule has 1 aromatic rings. The lowest BCUT2D eigenvalue weighted by molar-refractivity contribution is -0.149. The van der Waals surface area contributed by atoms with E-state index in [1.165, 1.54) is 19.2 Å². The second kappa shape index (κ2) is 13.9. The molecule has 0 bridgehead atoms. The van der Waals surface area contributed by atoms with Gasteiger partial charge in [0.1, 0.15) is 24.1 Å². The molecule has 0 amide bonds. The Morgan fingerprint density at radius 1 is 1.36 bits per heavy atom. The van der Waals surface area contributed by atoms with Gasteiger partial charge in [0.2, 0.25) is 0 Å². The fourth-order valence-corrected chi connectivity index (χ4v) is 6.99. The molecule has 1 unspecified atom stereocenters. The van der Waals surface area contributed by atoms with Crippen molar-refractivity contribution in [3.63, 3.8) is 0 Å². The molecule has 0 radical (unpaired) electrons. The highest BCUT2D eigenvalue weighted by atomic mass is 35.5. The van der Waals surface area contributed by atoms with Crippen LogP contribution >= 0.6 is 41.6 Å². The first-order chi connectivity index (χ1) is 17.9. The number of aliphatic hydroxyl groups is 1. The van der Waals surface area contributed by atoms with E-state index in [1.54, 1.807) is 13.8 Å². The van der Waals surface area contributed by atoms with Gasteiger partial charge in [-0.2, -0.15) is 4.98 Å². The Hall–Kier alpha value is -0.800. The number of esters is 1. The van der Waals surface area contributed by atoms with Crippen LogP contribution in [0.2, 0.25) is 0 Å². The first-order valence-corrected chi connectivity index (χ1v) is 16.4. The van der Waals surface area contributed by atoms with Crippen LogP contribution in [0.1, 0.15) is 47.8 Å². The molecule has 0 spiro atoms. The quantitative estimate of drug-likeness (QED) is 0.131. The van der Waals surface area contributed by atoms with E-state index in [4.69, 9.17) is 59.3 Å². The SMILES string of the molecule is CC(C)OC(=O)[C@@H](C)NP(=S)(OCCSC(=O)C(C)(C)C)OC[C@H]1O[C@@H](n2ccc(N)nc2=O)C(Cl)(Cl)[C@@H]1O. The fraction of sp³-hybridized carbons (Fsp3) is 0.727. The smallest absolute Gasteiger partial charge is 0.351 e. The topological polar surface area (TPSA) is 164 Å². The van der Waals surface area contributed by atoms with Gasteiger partial charge in [0.05, 0.1) is 19.3 Å². The number of nitrogens with zero attached hydrogens (tertiary/aromatic N) is 2. The molecule has 39 heavy (non-hydrogen) atoms. The minimum atomic E-state index is -3.42. The van der Waals surface area contributed by atoms with Crippen molar-refractivity contribution in [2.75, 3.05) is 24.7 Å². The van der Waals surface area contributed by atoms with Gasteiger partial charge in [-0.05, 0) is 38.6 Å². The third kappa shape index (κ3) is 9.63. The number of nitrogen functional groups attached to an aromatic ring is 1. The summed E-state index contributed by atoms with van der Waals surface area (Å²) < 4.78 is 21.8. The molecular formula is C22H35Cl2N4O8PS2. The van der Waals surface area contributed by atoms with Crippen LogP contribution < -0.4 is 16.5 Å². The Morgan fingerprint density at radius 3 is 2.56 bits per heavy atom. The number of aliphatic hydroxyl groups excluding tert-OH is 1. The van der Waals surface area contributed by atoms with Crippen LogP contribution in [0, 0.1) is 5.41 Å². The van der Waals surface area contributed by atoms with E-state index < -0.39 is 52.5 Å². The predicted molar refractivity (Wildman–Crippen MR) is 154 cm³/mol. The number of hydrogen-bond acceptors (Lipinski definition) is 12. The molecular weight excluding hydrogens is 614 g/mol. The molecule has 17 heteroatoms. The van der Waals surface area contributed by atoms with Crippen molar-refractivity contribution in [3.8, 4) is 0 Å². The number of aromatic nitrogens is 2. The van der Waals surface area contributed by atoms with Gasteiger partial charge in [-0.15, -0.1) is 0 Å². The average Bonchev–Trinajstić information content (AvgIpc) is 3.03. The van der Waals surface area contributed by atoms with E-state index in [0.29, 0.717) is 0 Å². The Bertz CT molecular complexity index is 1130. The highest BCUT2D eigenvalue weighted by molar-refractivity contribution is 8.13. The molecule has 0 aliphatic carbocycles. The number of anilines is 1. The summed E-state index contributed by atoms with van der Waals surface area (Å²) in [7, 11) is 0. The van der Waals surface area contributed by atoms with Crippen molar-refractivity contribution in [3.05, 3.63) is 22.7 Å². The van der Waals surface area contributed by atoms with Crippen molar-refractivity contribution in [1.82, 2.24) is 14.6 Å². The van der Waals surface area contributed by atoms with E-state index in [0.717, 1.165) is 16.3 Å². The van der Waals surface area contributed by atoms with Gasteiger partial charge in [-0.25, -0.2) is 9.88 Å². The molecule has 1 fully saturated rings. The second-order valence-electron chi connectivity index (χ2n) is 10.0. The van der Waals surface area contributed by atoms with Crippen molar-refractivity contribution >= 4 is 70.3 Å². The van der Waals surface area contributed by atoms with Gasteiger partial charge in [-0.1, -0.05) is 55.7 Å². The summed E-state index contributed by atoms with van der Waals surface area (Å²) in [6, 6.07) is 0.450. The largest absolute Gasteiger partial charge is 0.462 e. The lowest BCUT2D eigenvalue weighted by Crippen LogP contribution is -2.40. The van der Waals surface area contributed by atoms with E-state index in [2.05, 4.69) is 10.1 Å². The standard InChI is InChI=1S/C22H35Cl2N4O8PS2/c1-12(2)35-17(30)13(3)27-37(38,33-9-10-39-19(31)21(4,5)6)34-11-14-16(29)22(23,24)18(36-14)28-8-7-15(25)26-20(28)32/h7-8,12-14,16,18,29H,9-11H2,1-6H3,(H,27,38)(H2,25,26,32)/t13-,14-,16-,18-,37?/m1/s1. The summed E-state index contributed by atoms with van der Waals surface area (Å²) in [5.41, 5.74) is 4.22. The Morgan fingerprint density at radius 2 is 2.00 bits per heavy atom. The molecule has 0 saturated carbocycles. The average molecular weight is 650 g/mol. The summed E-state index contributed by atoms with van der Waals surface area (Å²) >= 11 is 19.5. The summed E-state index contributed by atoms with van der Waals surface area (Å²) in [5.74, 6) is -0.299. The van der Waals surface area contributed by atoms with Gasteiger partial charge in [-0.3, -0.25) is 14.2 Å². The molecule has 1 saturated heterocycles. The third-order valence-corrected chi connectivity index (χ3v) is 9.87. The number of alkyl halides is 2. The van der Waals surface area contributed by atoms with Crippen molar-refractivity contribution < 1.29 is 33.2 Å². The normalized spacial score (nSPS) is 23.4. The maximum atomic E-state index is 12.4. The Labute approximate surface area is 246 Å². The molecule has 1 aliphatic heterocycles. The van der Waals surface area contributed by atoms with Crippen molar-refractivity contribution in [2.24, 2.45) is 5.41 Å². The lowest BCUT2D eigenvalue weighted by atomic mass is 10.00. The van der Waals surface area contributed by atoms with Crippen LogP contribution in [0.15, 0.2) is 17.1 Å². The molecule has 0 aromatic carbocycles. The number of thioether (sulfide) groups is 1. The summed E-state index contributed by atoms with van der Waals surface area (Å²) in [5, 5.41) is 13.6. The van der Waals surface area contributed by atoms with E-state index in [1.807, 2.05) is 20.8 Å². The van der Waals surface area contributed by atoms with Crippen LogP contribution in [0.4, 0.5) is 5.82 Å². The van der Waals surface area contributed by atoms with Gasteiger partial charge in [0, 0.05) is 17.4 Å². The van der Waals surface area contributed by atoms with Crippen LogP contribution in [-0.4, -0.2) is 73.4 Å². The molecule has 2 heterocycles. The summed E-state index contributed by atoms with van der Waals surface area (Å²) in [6.07, 6.45) is -3.04. The van der Waals surface area contributed by atoms with E-state index in [-0.39, 0.29) is 36.0 Å². The summed E-state index contributed by atoms with van der Waals surface area (Å²) in [4.78, 5) is 40.6. The van der Waals surface area contributed by atoms with E-state index in [9.17, 15) is 19.5 Å². The molecule has 1 aromatic heterocycles. The number of nitrogens with one attached hydrogen (secondary N) is 1. The number of carbonyl (C=O) groups excluding carboxylic acids is 2. The zero-order valence-corrected chi connectivity index (χ0v) is 26.5. The monoisotopic (exact) mass is 648 g/mol. The van der Waals surface area contributed by atoms with Gasteiger partial charge < -0.3 is 29.4 Å². The van der Waals surface area contributed by atoms with Gasteiger partial charge in [0.25, 0.3) is 6.64 Å². The third-order valence-electron chi connectivity index (χ3n) is 5.14. The number of ether oxygens (including phenoxy) is 2. The maximum absolute atomic E-state index is 12.4. The number of nitrogens with two attached hydrogens (primary N) is 1.